The maximum atomic E-state index is 12.3. The van der Waals surface area contributed by atoms with Gasteiger partial charge in [0.25, 0.3) is 0 Å². The number of thiophene rings is 1. The van der Waals surface area contributed by atoms with Crippen LogP contribution < -0.4 is 5.32 Å². The second-order valence-electron chi connectivity index (χ2n) is 6.15. The molecule has 1 saturated carbocycles. The molecule has 3 rings (SSSR count). The molecule has 0 unspecified atom stereocenters. The number of carbonyl (C=O) groups is 1. The van der Waals surface area contributed by atoms with E-state index in [2.05, 4.69) is 41.4 Å². The van der Waals surface area contributed by atoms with E-state index in [4.69, 9.17) is 11.6 Å². The molecule has 1 fully saturated rings. The topological polar surface area (TPSA) is 45.2 Å². The predicted molar refractivity (Wildman–Crippen MR) is 95.3 cm³/mol. The summed E-state index contributed by atoms with van der Waals surface area (Å²) in [7, 11) is 4.12. The van der Waals surface area contributed by atoms with Crippen LogP contribution in [-0.4, -0.2) is 29.8 Å². The van der Waals surface area contributed by atoms with E-state index in [9.17, 15) is 4.79 Å². The molecule has 4 nitrogen and oxygen atoms in total. The third kappa shape index (κ3) is 4.31. The Kier molecular flexibility index (Phi) is 4.99. The molecule has 23 heavy (non-hydrogen) atoms. The van der Waals surface area contributed by atoms with Crippen molar-refractivity contribution in [1.29, 1.82) is 0 Å². The summed E-state index contributed by atoms with van der Waals surface area (Å²) in [5.74, 6) is 0.350. The highest BCUT2D eigenvalue weighted by Crippen LogP contribution is 2.35. The molecule has 1 N–H and O–H groups in total. The zero-order valence-corrected chi connectivity index (χ0v) is 14.9. The van der Waals surface area contributed by atoms with Gasteiger partial charge in [-0.3, -0.25) is 4.79 Å². The van der Waals surface area contributed by atoms with E-state index in [1.807, 2.05) is 0 Å². The zero-order valence-electron chi connectivity index (χ0n) is 13.3. The lowest BCUT2D eigenvalue weighted by atomic mass is 10.1. The van der Waals surface area contributed by atoms with Crippen molar-refractivity contribution in [3.8, 4) is 0 Å². The molecule has 1 aliphatic carbocycles. The van der Waals surface area contributed by atoms with Gasteiger partial charge in [-0.25, -0.2) is 4.98 Å². The number of ketones is 1. The fraction of sp³-hybridized carbons (Fsp3) is 0.412. The molecule has 0 saturated heterocycles. The van der Waals surface area contributed by atoms with Gasteiger partial charge in [-0.15, -0.1) is 11.3 Å². The summed E-state index contributed by atoms with van der Waals surface area (Å²) in [5.41, 5.74) is 1.44. The number of nitrogens with zero attached hydrogens (tertiary/aromatic N) is 2. The van der Waals surface area contributed by atoms with Gasteiger partial charge in [0.15, 0.2) is 5.78 Å². The highest BCUT2D eigenvalue weighted by Gasteiger charge is 2.32. The SMILES string of the molecule is CN(C)Cc1ccc(CNc2cc(Cl)ncc2C(=O)C2CC2)s1. The van der Waals surface area contributed by atoms with Crippen LogP contribution in [0.1, 0.15) is 33.0 Å². The van der Waals surface area contributed by atoms with E-state index in [1.54, 1.807) is 23.6 Å². The van der Waals surface area contributed by atoms with Crippen LogP contribution in [0.4, 0.5) is 5.69 Å². The largest absolute Gasteiger partial charge is 0.379 e. The van der Waals surface area contributed by atoms with Gasteiger partial charge in [-0.1, -0.05) is 11.6 Å². The molecule has 0 atom stereocenters. The van der Waals surface area contributed by atoms with E-state index < -0.39 is 0 Å². The molecule has 0 spiro atoms. The summed E-state index contributed by atoms with van der Waals surface area (Å²) in [6.45, 7) is 1.63. The van der Waals surface area contributed by atoms with Crippen molar-refractivity contribution in [3.63, 3.8) is 0 Å². The van der Waals surface area contributed by atoms with Crippen molar-refractivity contribution in [2.45, 2.75) is 25.9 Å². The van der Waals surface area contributed by atoms with Crippen LogP contribution in [0.5, 0.6) is 0 Å². The van der Waals surface area contributed by atoms with Crippen molar-refractivity contribution in [3.05, 3.63) is 44.9 Å². The number of Topliss-reactive ketones (excluding diaryl/α,β-unsaturated/α-hetero) is 1. The van der Waals surface area contributed by atoms with Gasteiger partial charge in [0.05, 0.1) is 5.56 Å². The molecule has 0 amide bonds. The highest BCUT2D eigenvalue weighted by atomic mass is 35.5. The van der Waals surface area contributed by atoms with Crippen molar-refractivity contribution < 1.29 is 4.79 Å². The molecule has 2 aromatic heterocycles. The maximum absolute atomic E-state index is 12.3. The molecule has 6 heteroatoms. The molecule has 0 radical (unpaired) electrons. The average Bonchev–Trinajstić information content (AvgIpc) is 3.26. The van der Waals surface area contributed by atoms with E-state index in [1.165, 1.54) is 9.75 Å². The Bertz CT molecular complexity index is 710. The second kappa shape index (κ2) is 6.99. The number of hydrogen-bond donors (Lipinski definition) is 1. The van der Waals surface area contributed by atoms with Crippen LogP contribution in [0.25, 0.3) is 0 Å². The Morgan fingerprint density at radius 2 is 2.13 bits per heavy atom. The van der Waals surface area contributed by atoms with Crippen LogP contribution >= 0.6 is 22.9 Å². The molecular formula is C17H20ClN3OS. The number of aromatic nitrogens is 1. The first-order valence-corrected chi connectivity index (χ1v) is 8.88. The lowest BCUT2D eigenvalue weighted by Crippen LogP contribution is -2.09. The maximum Gasteiger partial charge on any atom is 0.169 e. The van der Waals surface area contributed by atoms with Gasteiger partial charge >= 0.3 is 0 Å². The number of carbonyl (C=O) groups excluding carboxylic acids is 1. The van der Waals surface area contributed by atoms with Crippen molar-refractivity contribution in [2.24, 2.45) is 5.92 Å². The van der Waals surface area contributed by atoms with Crippen LogP contribution in [-0.2, 0) is 13.1 Å². The molecule has 0 aliphatic heterocycles. The lowest BCUT2D eigenvalue weighted by Gasteiger charge is -2.10. The molecule has 122 valence electrons. The lowest BCUT2D eigenvalue weighted by molar-refractivity contribution is 0.0968. The minimum Gasteiger partial charge on any atom is -0.379 e. The van der Waals surface area contributed by atoms with Crippen molar-refractivity contribution >= 4 is 34.4 Å². The summed E-state index contributed by atoms with van der Waals surface area (Å²) < 4.78 is 0. The molecule has 2 aromatic rings. The standard InChI is InChI=1S/C17H20ClN3OS/c1-21(2)10-13-6-5-12(23-13)8-19-15-7-16(18)20-9-14(15)17(22)11-3-4-11/h5-7,9,11H,3-4,8,10H2,1-2H3,(H,19,20). The Hall–Kier alpha value is -1.43. The minimum absolute atomic E-state index is 0.173. The van der Waals surface area contributed by atoms with Crippen LogP contribution in [0.15, 0.2) is 24.4 Å². The summed E-state index contributed by atoms with van der Waals surface area (Å²) in [4.78, 5) is 21.1. The quantitative estimate of drug-likeness (QED) is 0.604. The number of nitrogens with one attached hydrogen (secondary N) is 1. The Morgan fingerprint density at radius 1 is 1.39 bits per heavy atom. The first-order chi connectivity index (χ1) is 11.0. The van der Waals surface area contributed by atoms with Gasteiger partial charge in [-0.2, -0.15) is 0 Å². The zero-order chi connectivity index (χ0) is 16.4. The summed E-state index contributed by atoms with van der Waals surface area (Å²) in [5, 5.41) is 3.75. The van der Waals surface area contributed by atoms with E-state index >= 15 is 0 Å². The number of anilines is 1. The first-order valence-electron chi connectivity index (χ1n) is 7.69. The Balaban J connectivity index is 1.70. The van der Waals surface area contributed by atoms with Gasteiger partial charge in [0.2, 0.25) is 0 Å². The smallest absolute Gasteiger partial charge is 0.169 e. The second-order valence-corrected chi connectivity index (χ2v) is 7.79. The van der Waals surface area contributed by atoms with Gasteiger partial charge in [0, 0.05) is 40.6 Å². The Labute approximate surface area is 145 Å². The van der Waals surface area contributed by atoms with Crippen LogP contribution in [0.2, 0.25) is 5.15 Å². The van der Waals surface area contributed by atoms with E-state index in [0.717, 1.165) is 25.1 Å². The fourth-order valence-corrected chi connectivity index (χ4v) is 3.67. The Morgan fingerprint density at radius 3 is 2.83 bits per heavy atom. The fourth-order valence-electron chi connectivity index (χ4n) is 2.43. The summed E-state index contributed by atoms with van der Waals surface area (Å²) >= 11 is 7.77. The highest BCUT2D eigenvalue weighted by molar-refractivity contribution is 7.12. The number of hydrogen-bond acceptors (Lipinski definition) is 5. The van der Waals surface area contributed by atoms with Gasteiger partial charge in [0.1, 0.15) is 5.15 Å². The van der Waals surface area contributed by atoms with Crippen molar-refractivity contribution in [2.75, 3.05) is 19.4 Å². The van der Waals surface area contributed by atoms with Crippen molar-refractivity contribution in [1.82, 2.24) is 9.88 Å². The molecule has 1 aliphatic rings. The van der Waals surface area contributed by atoms with Gasteiger partial charge < -0.3 is 10.2 Å². The average molecular weight is 350 g/mol. The summed E-state index contributed by atoms with van der Waals surface area (Å²) in [6, 6.07) is 6.02. The minimum atomic E-state index is 0.173. The normalized spacial score (nSPS) is 14.3. The third-order valence-corrected chi connectivity index (χ3v) is 5.00. The monoisotopic (exact) mass is 349 g/mol. The summed E-state index contributed by atoms with van der Waals surface area (Å²) in [6.07, 6.45) is 3.57. The molecule has 2 heterocycles. The molecule has 0 aromatic carbocycles. The predicted octanol–water partition coefficient (Wildman–Crippen LogP) is 4.06. The number of rotatable bonds is 7. The third-order valence-electron chi connectivity index (χ3n) is 3.73. The number of pyridine rings is 1. The molecule has 0 bridgehead atoms. The van der Waals surface area contributed by atoms with E-state index in [0.29, 0.717) is 17.3 Å². The van der Waals surface area contributed by atoms with Crippen LogP contribution in [0, 0.1) is 5.92 Å². The van der Waals surface area contributed by atoms with Crippen LogP contribution in [0.3, 0.4) is 0 Å². The number of halogens is 1. The first kappa shape index (κ1) is 16.4. The molecular weight excluding hydrogens is 330 g/mol. The van der Waals surface area contributed by atoms with E-state index in [-0.39, 0.29) is 11.7 Å². The van der Waals surface area contributed by atoms with Gasteiger partial charge in [-0.05, 0) is 45.1 Å².